The zero-order valence-electron chi connectivity index (χ0n) is 16.5. The quantitative estimate of drug-likeness (QED) is 0.794. The van der Waals surface area contributed by atoms with Crippen LogP contribution in [0.25, 0.3) is 0 Å². The third-order valence-electron chi connectivity index (χ3n) is 5.90. The second kappa shape index (κ2) is 7.94. The van der Waals surface area contributed by atoms with Gasteiger partial charge in [-0.2, -0.15) is 0 Å². The molecule has 0 radical (unpaired) electrons. The lowest BCUT2D eigenvalue weighted by Gasteiger charge is -2.42. The highest BCUT2D eigenvalue weighted by molar-refractivity contribution is 5.75. The fraction of sp³-hybridized carbons (Fsp3) is 0.391. The van der Waals surface area contributed by atoms with E-state index in [9.17, 15) is 4.39 Å². The Bertz CT molecular complexity index is 851. The van der Waals surface area contributed by atoms with Crippen LogP contribution < -0.4 is 16.0 Å². The highest BCUT2D eigenvalue weighted by Crippen LogP contribution is 2.38. The van der Waals surface area contributed by atoms with E-state index in [1.807, 2.05) is 6.07 Å². The largest absolute Gasteiger partial charge is 0.397 e. The van der Waals surface area contributed by atoms with Gasteiger partial charge < -0.3 is 16.0 Å². The lowest BCUT2D eigenvalue weighted by Crippen LogP contribution is -2.48. The average Bonchev–Trinajstić information content (AvgIpc) is 2.69. The molecule has 28 heavy (non-hydrogen) atoms. The van der Waals surface area contributed by atoms with Crippen LogP contribution in [0, 0.1) is 5.82 Å². The van der Waals surface area contributed by atoms with E-state index >= 15 is 0 Å². The SMILES string of the molecule is C=C(CN1CCNC(c2ccccc2)C1)N1c2c(N)cc(F)cc2CCC1C. The van der Waals surface area contributed by atoms with Crippen LogP contribution in [0.1, 0.15) is 30.5 Å². The Morgan fingerprint density at radius 2 is 2.07 bits per heavy atom. The number of anilines is 2. The molecule has 0 amide bonds. The zero-order valence-corrected chi connectivity index (χ0v) is 16.5. The van der Waals surface area contributed by atoms with Gasteiger partial charge in [-0.15, -0.1) is 0 Å². The molecule has 148 valence electrons. The van der Waals surface area contributed by atoms with Gasteiger partial charge in [0.1, 0.15) is 5.82 Å². The number of halogens is 1. The number of nitrogens with zero attached hydrogens (tertiary/aromatic N) is 2. The van der Waals surface area contributed by atoms with Crippen LogP contribution in [0.3, 0.4) is 0 Å². The molecule has 1 saturated heterocycles. The molecule has 2 aromatic carbocycles. The molecule has 2 aromatic rings. The van der Waals surface area contributed by atoms with Gasteiger partial charge in [-0.3, -0.25) is 4.90 Å². The zero-order chi connectivity index (χ0) is 19.7. The molecule has 3 N–H and O–H groups in total. The van der Waals surface area contributed by atoms with Crippen LogP contribution >= 0.6 is 0 Å². The molecule has 4 nitrogen and oxygen atoms in total. The summed E-state index contributed by atoms with van der Waals surface area (Å²) in [6.07, 6.45) is 1.83. The molecule has 2 aliphatic rings. The first-order chi connectivity index (χ1) is 13.5. The number of nitrogens with two attached hydrogens (primary N) is 1. The average molecular weight is 381 g/mol. The van der Waals surface area contributed by atoms with Crippen LogP contribution in [0.4, 0.5) is 15.8 Å². The Morgan fingerprint density at radius 1 is 1.29 bits per heavy atom. The van der Waals surface area contributed by atoms with E-state index in [1.165, 1.54) is 11.6 Å². The molecule has 1 fully saturated rings. The number of rotatable bonds is 4. The van der Waals surface area contributed by atoms with Crippen molar-refractivity contribution in [3.05, 3.63) is 71.7 Å². The molecule has 2 aliphatic heterocycles. The summed E-state index contributed by atoms with van der Waals surface area (Å²) in [6.45, 7) is 10.3. The van der Waals surface area contributed by atoms with Gasteiger partial charge in [-0.05, 0) is 43.0 Å². The van der Waals surface area contributed by atoms with Gasteiger partial charge in [0, 0.05) is 44.0 Å². The van der Waals surface area contributed by atoms with Crippen molar-refractivity contribution >= 4 is 11.4 Å². The molecule has 2 heterocycles. The summed E-state index contributed by atoms with van der Waals surface area (Å²) in [6, 6.07) is 14.2. The van der Waals surface area contributed by atoms with Gasteiger partial charge in [-0.1, -0.05) is 36.9 Å². The van der Waals surface area contributed by atoms with E-state index in [2.05, 4.69) is 52.9 Å². The molecule has 5 heteroatoms. The Balaban J connectivity index is 1.51. The fourth-order valence-electron chi connectivity index (χ4n) is 4.54. The number of benzene rings is 2. The molecule has 0 aromatic heterocycles. The summed E-state index contributed by atoms with van der Waals surface area (Å²) >= 11 is 0. The second-order valence-corrected chi connectivity index (χ2v) is 7.98. The van der Waals surface area contributed by atoms with E-state index < -0.39 is 0 Å². The third-order valence-corrected chi connectivity index (χ3v) is 5.90. The molecule has 0 spiro atoms. The van der Waals surface area contributed by atoms with E-state index in [0.29, 0.717) is 17.8 Å². The normalized spacial score (nSPS) is 22.7. The third kappa shape index (κ3) is 3.77. The molecule has 2 atom stereocenters. The van der Waals surface area contributed by atoms with Gasteiger partial charge in [0.25, 0.3) is 0 Å². The van der Waals surface area contributed by atoms with Crippen LogP contribution in [-0.2, 0) is 6.42 Å². The molecule has 0 saturated carbocycles. The molecule has 0 aliphatic carbocycles. The summed E-state index contributed by atoms with van der Waals surface area (Å²) in [7, 11) is 0. The number of hydrogen-bond acceptors (Lipinski definition) is 4. The highest BCUT2D eigenvalue weighted by atomic mass is 19.1. The summed E-state index contributed by atoms with van der Waals surface area (Å²) in [5.41, 5.74) is 11.0. The van der Waals surface area contributed by atoms with Crippen molar-refractivity contribution in [2.24, 2.45) is 0 Å². The van der Waals surface area contributed by atoms with Gasteiger partial charge in [0.05, 0.1) is 11.4 Å². The van der Waals surface area contributed by atoms with Gasteiger partial charge >= 0.3 is 0 Å². The van der Waals surface area contributed by atoms with Crippen LogP contribution in [0.2, 0.25) is 0 Å². The Hall–Kier alpha value is -2.37. The van der Waals surface area contributed by atoms with Crippen molar-refractivity contribution < 1.29 is 4.39 Å². The van der Waals surface area contributed by atoms with E-state index in [0.717, 1.165) is 56.0 Å². The van der Waals surface area contributed by atoms with Crippen molar-refractivity contribution in [3.8, 4) is 0 Å². The number of nitrogen functional groups attached to an aromatic ring is 1. The summed E-state index contributed by atoms with van der Waals surface area (Å²) < 4.78 is 13.8. The second-order valence-electron chi connectivity index (χ2n) is 7.98. The lowest BCUT2D eigenvalue weighted by atomic mass is 9.94. The smallest absolute Gasteiger partial charge is 0.125 e. The maximum Gasteiger partial charge on any atom is 0.125 e. The number of aryl methyl sites for hydroxylation is 1. The topological polar surface area (TPSA) is 44.5 Å². The summed E-state index contributed by atoms with van der Waals surface area (Å²) in [4.78, 5) is 4.67. The van der Waals surface area contributed by atoms with Gasteiger partial charge in [0.15, 0.2) is 0 Å². The highest BCUT2D eigenvalue weighted by Gasteiger charge is 2.29. The number of nitrogens with one attached hydrogen (secondary N) is 1. The first kappa shape index (κ1) is 19.0. The fourth-order valence-corrected chi connectivity index (χ4v) is 4.54. The summed E-state index contributed by atoms with van der Waals surface area (Å²) in [5, 5.41) is 3.61. The van der Waals surface area contributed by atoms with Crippen molar-refractivity contribution in [2.75, 3.05) is 36.8 Å². The maximum absolute atomic E-state index is 13.8. The van der Waals surface area contributed by atoms with E-state index in [-0.39, 0.29) is 5.82 Å². The molecule has 2 unspecified atom stereocenters. The number of hydrogen-bond donors (Lipinski definition) is 2. The monoisotopic (exact) mass is 380 g/mol. The Morgan fingerprint density at radius 3 is 2.86 bits per heavy atom. The molecule has 0 bridgehead atoms. The number of fused-ring (bicyclic) bond motifs is 1. The van der Waals surface area contributed by atoms with Crippen LogP contribution in [0.5, 0.6) is 0 Å². The Kier molecular flexibility index (Phi) is 5.38. The van der Waals surface area contributed by atoms with Crippen LogP contribution in [0.15, 0.2) is 54.7 Å². The van der Waals surface area contributed by atoms with Crippen molar-refractivity contribution in [2.45, 2.75) is 31.8 Å². The summed E-state index contributed by atoms with van der Waals surface area (Å²) in [5.74, 6) is -0.260. The Labute approximate surface area is 166 Å². The molecule has 4 rings (SSSR count). The maximum atomic E-state index is 13.8. The number of piperazine rings is 1. The predicted molar refractivity (Wildman–Crippen MR) is 114 cm³/mol. The molecular formula is C23H29FN4. The van der Waals surface area contributed by atoms with Crippen LogP contribution in [-0.4, -0.2) is 37.1 Å². The van der Waals surface area contributed by atoms with E-state index in [1.54, 1.807) is 6.07 Å². The first-order valence-corrected chi connectivity index (χ1v) is 10.1. The standard InChI is InChI=1S/C23H29FN4/c1-16-8-9-19-12-20(24)13-21(25)23(19)28(16)17(2)14-27-11-10-26-22(15-27)18-6-4-3-5-7-18/h3-7,12-13,16,22,26H,2,8-11,14-15,25H2,1H3. The van der Waals surface area contributed by atoms with Gasteiger partial charge in [-0.25, -0.2) is 4.39 Å². The lowest BCUT2D eigenvalue weighted by molar-refractivity contribution is 0.213. The predicted octanol–water partition coefficient (Wildman–Crippen LogP) is 3.71. The van der Waals surface area contributed by atoms with Crippen molar-refractivity contribution in [3.63, 3.8) is 0 Å². The minimum atomic E-state index is -0.260. The van der Waals surface area contributed by atoms with E-state index in [4.69, 9.17) is 5.73 Å². The minimum Gasteiger partial charge on any atom is -0.397 e. The van der Waals surface area contributed by atoms with Crippen molar-refractivity contribution in [1.82, 2.24) is 10.2 Å². The van der Waals surface area contributed by atoms with Crippen molar-refractivity contribution in [1.29, 1.82) is 0 Å². The minimum absolute atomic E-state index is 0.260. The molecular weight excluding hydrogens is 351 g/mol. The first-order valence-electron chi connectivity index (χ1n) is 10.1. The van der Waals surface area contributed by atoms with Gasteiger partial charge in [0.2, 0.25) is 0 Å².